The number of hydrogen-bond acceptors (Lipinski definition) is 4. The van der Waals surface area contributed by atoms with E-state index in [1.807, 2.05) is 27.7 Å². The molecule has 0 atom stereocenters. The molecule has 0 unspecified atom stereocenters. The third-order valence-electron chi connectivity index (χ3n) is 4.94. The second kappa shape index (κ2) is 10.8. The maximum Gasteiger partial charge on any atom is 0.254 e. The minimum absolute atomic E-state index is 0.0943. The molecule has 1 amide bonds. The van der Waals surface area contributed by atoms with Crippen LogP contribution >= 0.6 is 0 Å². The molecule has 1 aromatic rings. The molecule has 1 rings (SSSR count). The van der Waals surface area contributed by atoms with E-state index in [9.17, 15) is 13.2 Å². The van der Waals surface area contributed by atoms with E-state index >= 15 is 0 Å². The number of rotatable bonds is 11. The van der Waals surface area contributed by atoms with Crippen molar-refractivity contribution in [1.82, 2.24) is 9.21 Å². The van der Waals surface area contributed by atoms with Crippen LogP contribution in [0, 0.1) is 6.92 Å². The minimum atomic E-state index is -3.62. The molecule has 0 aliphatic carbocycles. The predicted octanol–water partition coefficient (Wildman–Crippen LogP) is 3.30. The van der Waals surface area contributed by atoms with Gasteiger partial charge in [0.2, 0.25) is 10.0 Å². The van der Waals surface area contributed by atoms with Gasteiger partial charge in [-0.05, 0) is 37.5 Å². The molecule has 154 valence electrons. The largest absolute Gasteiger partial charge is 0.383 e. The van der Waals surface area contributed by atoms with Crippen molar-refractivity contribution in [2.75, 3.05) is 33.4 Å². The number of carbonyl (C=O) groups excluding carboxylic acids is 1. The van der Waals surface area contributed by atoms with E-state index in [-0.39, 0.29) is 16.8 Å². The molecule has 0 saturated carbocycles. The molecule has 0 aliphatic heterocycles. The fourth-order valence-corrected chi connectivity index (χ4v) is 4.96. The summed E-state index contributed by atoms with van der Waals surface area (Å²) >= 11 is 0. The highest BCUT2D eigenvalue weighted by atomic mass is 32.2. The Labute approximate surface area is 164 Å². The van der Waals surface area contributed by atoms with Crippen LogP contribution in [0.1, 0.15) is 56.5 Å². The summed E-state index contributed by atoms with van der Waals surface area (Å²) in [5.74, 6) is -0.156. The van der Waals surface area contributed by atoms with Gasteiger partial charge in [0.1, 0.15) is 0 Å². The smallest absolute Gasteiger partial charge is 0.254 e. The number of ether oxygens (including phenoxy) is 1. The number of hydrogen-bond donors (Lipinski definition) is 0. The summed E-state index contributed by atoms with van der Waals surface area (Å²) in [5, 5.41) is 0. The standard InChI is InChI=1S/C20H34N2O4S/c1-7-18(8-2)22(13-14-26-6)20(23)17-12-11-16(5)19(15-17)27(24,25)21(9-3)10-4/h11-12,15,18H,7-10,13-14H2,1-6H3. The van der Waals surface area contributed by atoms with Gasteiger partial charge in [-0.15, -0.1) is 0 Å². The van der Waals surface area contributed by atoms with E-state index in [1.165, 1.54) is 10.4 Å². The van der Waals surface area contributed by atoms with Crippen LogP contribution in [0.5, 0.6) is 0 Å². The van der Waals surface area contributed by atoms with Crippen molar-refractivity contribution in [1.29, 1.82) is 0 Å². The SMILES string of the molecule is CCC(CC)N(CCOC)C(=O)c1ccc(C)c(S(=O)(=O)N(CC)CC)c1. The van der Waals surface area contributed by atoms with Crippen molar-refractivity contribution < 1.29 is 17.9 Å². The monoisotopic (exact) mass is 398 g/mol. The summed E-state index contributed by atoms with van der Waals surface area (Å²) in [6.45, 7) is 11.2. The van der Waals surface area contributed by atoms with Crippen molar-refractivity contribution in [3.05, 3.63) is 29.3 Å². The summed E-state index contributed by atoms with van der Waals surface area (Å²) in [6.07, 6.45) is 1.67. The molecule has 0 radical (unpaired) electrons. The fourth-order valence-electron chi connectivity index (χ4n) is 3.25. The fraction of sp³-hybridized carbons (Fsp3) is 0.650. The van der Waals surface area contributed by atoms with Gasteiger partial charge in [-0.2, -0.15) is 4.31 Å². The zero-order chi connectivity index (χ0) is 20.6. The zero-order valence-corrected chi connectivity index (χ0v) is 18.3. The van der Waals surface area contributed by atoms with Gasteiger partial charge in [0.25, 0.3) is 5.91 Å². The van der Waals surface area contributed by atoms with Crippen LogP contribution in [0.2, 0.25) is 0 Å². The zero-order valence-electron chi connectivity index (χ0n) is 17.5. The van der Waals surface area contributed by atoms with Crippen LogP contribution in [0.15, 0.2) is 23.1 Å². The van der Waals surface area contributed by atoms with Crippen molar-refractivity contribution in [3.63, 3.8) is 0 Å². The van der Waals surface area contributed by atoms with E-state index in [0.29, 0.717) is 37.4 Å². The first-order valence-corrected chi connectivity index (χ1v) is 11.1. The normalized spacial score (nSPS) is 12.0. The quantitative estimate of drug-likeness (QED) is 0.574. The number of methoxy groups -OCH3 is 1. The van der Waals surface area contributed by atoms with Gasteiger partial charge in [0.05, 0.1) is 11.5 Å². The van der Waals surface area contributed by atoms with Crippen LogP contribution < -0.4 is 0 Å². The lowest BCUT2D eigenvalue weighted by atomic mass is 10.1. The van der Waals surface area contributed by atoms with Gasteiger partial charge in [0, 0.05) is 38.3 Å². The molecule has 7 heteroatoms. The Hall–Kier alpha value is -1.44. The minimum Gasteiger partial charge on any atom is -0.383 e. The number of benzene rings is 1. The Bertz CT molecular complexity index is 711. The summed E-state index contributed by atoms with van der Waals surface area (Å²) in [5.41, 5.74) is 1.04. The van der Waals surface area contributed by atoms with Crippen molar-refractivity contribution in [2.45, 2.75) is 58.4 Å². The Morgan fingerprint density at radius 3 is 2.19 bits per heavy atom. The van der Waals surface area contributed by atoms with E-state index < -0.39 is 10.0 Å². The number of carbonyl (C=O) groups is 1. The first kappa shape index (κ1) is 23.6. The summed E-state index contributed by atoms with van der Waals surface area (Å²) in [6, 6.07) is 5.04. The first-order chi connectivity index (χ1) is 12.8. The molecular formula is C20H34N2O4S. The highest BCUT2D eigenvalue weighted by Crippen LogP contribution is 2.23. The Kier molecular flexibility index (Phi) is 9.42. The molecule has 1 aromatic carbocycles. The Balaban J connectivity index is 3.35. The van der Waals surface area contributed by atoms with Crippen LogP contribution in [0.3, 0.4) is 0 Å². The molecule has 0 N–H and O–H groups in total. The van der Waals surface area contributed by atoms with Crippen molar-refractivity contribution in [3.8, 4) is 0 Å². The van der Waals surface area contributed by atoms with Gasteiger partial charge in [-0.25, -0.2) is 8.42 Å². The molecule has 0 bridgehead atoms. The first-order valence-electron chi connectivity index (χ1n) is 9.68. The third-order valence-corrected chi connectivity index (χ3v) is 7.13. The van der Waals surface area contributed by atoms with Crippen LogP contribution in [0.4, 0.5) is 0 Å². The van der Waals surface area contributed by atoms with E-state index in [1.54, 1.807) is 31.1 Å². The van der Waals surface area contributed by atoms with Crippen molar-refractivity contribution >= 4 is 15.9 Å². The Morgan fingerprint density at radius 2 is 1.70 bits per heavy atom. The van der Waals surface area contributed by atoms with Gasteiger partial charge in [-0.1, -0.05) is 33.8 Å². The average molecular weight is 399 g/mol. The number of nitrogens with zero attached hydrogens (tertiary/aromatic N) is 2. The predicted molar refractivity (Wildman–Crippen MR) is 109 cm³/mol. The third kappa shape index (κ3) is 5.53. The molecular weight excluding hydrogens is 364 g/mol. The van der Waals surface area contributed by atoms with E-state index in [2.05, 4.69) is 0 Å². The molecule has 0 heterocycles. The lowest BCUT2D eigenvalue weighted by Crippen LogP contribution is -2.42. The van der Waals surface area contributed by atoms with E-state index in [0.717, 1.165) is 12.8 Å². The highest BCUT2D eigenvalue weighted by molar-refractivity contribution is 7.89. The molecule has 0 aliphatic rings. The van der Waals surface area contributed by atoms with Gasteiger partial charge in [0.15, 0.2) is 0 Å². The van der Waals surface area contributed by atoms with Crippen LogP contribution in [-0.4, -0.2) is 62.9 Å². The van der Waals surface area contributed by atoms with Gasteiger partial charge >= 0.3 is 0 Å². The second-order valence-corrected chi connectivity index (χ2v) is 8.44. The second-order valence-electron chi connectivity index (χ2n) is 6.53. The highest BCUT2D eigenvalue weighted by Gasteiger charge is 2.27. The molecule has 0 fully saturated rings. The molecule has 27 heavy (non-hydrogen) atoms. The molecule has 0 saturated heterocycles. The maximum atomic E-state index is 13.2. The van der Waals surface area contributed by atoms with Crippen LogP contribution in [-0.2, 0) is 14.8 Å². The molecule has 0 aromatic heterocycles. The molecule has 0 spiro atoms. The van der Waals surface area contributed by atoms with Gasteiger partial charge < -0.3 is 9.64 Å². The lowest BCUT2D eigenvalue weighted by Gasteiger charge is -2.31. The van der Waals surface area contributed by atoms with E-state index in [4.69, 9.17) is 4.74 Å². The number of sulfonamides is 1. The summed E-state index contributed by atoms with van der Waals surface area (Å²) < 4.78 is 32.5. The van der Waals surface area contributed by atoms with Crippen LogP contribution in [0.25, 0.3) is 0 Å². The molecule has 6 nitrogen and oxygen atoms in total. The number of aryl methyl sites for hydroxylation is 1. The summed E-state index contributed by atoms with van der Waals surface area (Å²) in [4.78, 5) is 15.2. The van der Waals surface area contributed by atoms with Crippen molar-refractivity contribution in [2.24, 2.45) is 0 Å². The average Bonchev–Trinajstić information content (AvgIpc) is 2.65. The number of amides is 1. The summed E-state index contributed by atoms with van der Waals surface area (Å²) in [7, 11) is -2.02. The lowest BCUT2D eigenvalue weighted by molar-refractivity contribution is 0.0589. The maximum absolute atomic E-state index is 13.2. The van der Waals surface area contributed by atoms with Gasteiger partial charge in [-0.3, -0.25) is 4.79 Å². The topological polar surface area (TPSA) is 66.9 Å². The Morgan fingerprint density at radius 1 is 1.11 bits per heavy atom.